The molecule has 0 radical (unpaired) electrons. The van der Waals surface area contributed by atoms with Crippen molar-refractivity contribution in [2.75, 3.05) is 0 Å². The normalized spacial score (nSPS) is 14.5. The van der Waals surface area contributed by atoms with Crippen LogP contribution in [0.2, 0.25) is 0 Å². The Balaban J connectivity index is 2.40. The van der Waals surface area contributed by atoms with Gasteiger partial charge in [0.15, 0.2) is 0 Å². The maximum absolute atomic E-state index is 11.7. The van der Waals surface area contributed by atoms with E-state index in [0.717, 1.165) is 16.3 Å². The van der Waals surface area contributed by atoms with Gasteiger partial charge in [0.25, 0.3) is 0 Å². The quantitative estimate of drug-likeness (QED) is 0.819. The Morgan fingerprint density at radius 2 is 2.38 bits per heavy atom. The van der Waals surface area contributed by atoms with Crippen molar-refractivity contribution >= 4 is 17.2 Å². The largest absolute Gasteiger partial charge is 0.350 e. The summed E-state index contributed by atoms with van der Waals surface area (Å²) >= 11 is 1.59. The fraction of sp³-hybridized carbons (Fsp3) is 0.636. The molecule has 1 aromatic heterocycles. The van der Waals surface area contributed by atoms with Crippen LogP contribution < -0.4 is 11.1 Å². The summed E-state index contributed by atoms with van der Waals surface area (Å²) < 4.78 is 0. The van der Waals surface area contributed by atoms with Gasteiger partial charge in [0.2, 0.25) is 5.91 Å². The lowest BCUT2D eigenvalue weighted by atomic mass is 9.99. The molecule has 0 aliphatic carbocycles. The summed E-state index contributed by atoms with van der Waals surface area (Å²) in [5, 5.41) is 3.84. The first kappa shape index (κ1) is 13.1. The molecule has 4 nitrogen and oxygen atoms in total. The van der Waals surface area contributed by atoms with E-state index in [-0.39, 0.29) is 11.8 Å². The summed E-state index contributed by atoms with van der Waals surface area (Å²) in [5.74, 6) is 0.128. The van der Waals surface area contributed by atoms with Gasteiger partial charge in [-0.15, -0.1) is 11.3 Å². The number of aryl methyl sites for hydroxylation is 1. The van der Waals surface area contributed by atoms with E-state index >= 15 is 0 Å². The summed E-state index contributed by atoms with van der Waals surface area (Å²) in [4.78, 5) is 16.9. The molecule has 0 aliphatic heterocycles. The lowest BCUT2D eigenvalue weighted by molar-refractivity contribution is -0.123. The topological polar surface area (TPSA) is 68.0 Å². The molecule has 0 aromatic carbocycles. The van der Waals surface area contributed by atoms with Crippen LogP contribution in [0.4, 0.5) is 0 Å². The standard InChI is InChI=1S/C11H19N3OS/c1-4-7(2)10(12)11(15)14-6-9-5-13-8(3)16-9/h5,7,10H,4,6,12H2,1-3H3,(H,14,15). The first-order chi connectivity index (χ1) is 7.54. The summed E-state index contributed by atoms with van der Waals surface area (Å²) in [6.07, 6.45) is 2.70. The van der Waals surface area contributed by atoms with Crippen LogP contribution in [0.5, 0.6) is 0 Å². The third-order valence-electron chi connectivity index (χ3n) is 2.67. The summed E-state index contributed by atoms with van der Waals surface area (Å²) in [6.45, 7) is 6.49. The first-order valence-electron chi connectivity index (χ1n) is 5.49. The molecule has 1 amide bonds. The zero-order valence-corrected chi connectivity index (χ0v) is 10.8. The molecule has 0 bridgehead atoms. The van der Waals surface area contributed by atoms with Crippen molar-refractivity contribution in [3.63, 3.8) is 0 Å². The molecular formula is C11H19N3OS. The molecule has 90 valence electrons. The Kier molecular flexibility index (Phi) is 4.89. The van der Waals surface area contributed by atoms with E-state index in [4.69, 9.17) is 5.73 Å². The van der Waals surface area contributed by atoms with Crippen LogP contribution in [0.25, 0.3) is 0 Å². The molecule has 0 saturated carbocycles. The molecule has 1 rings (SSSR count). The van der Waals surface area contributed by atoms with Crippen LogP contribution in [-0.4, -0.2) is 16.9 Å². The number of nitrogens with one attached hydrogen (secondary N) is 1. The lowest BCUT2D eigenvalue weighted by Crippen LogP contribution is -2.44. The van der Waals surface area contributed by atoms with Crippen LogP contribution in [-0.2, 0) is 11.3 Å². The number of hydrogen-bond acceptors (Lipinski definition) is 4. The Bertz CT molecular complexity index is 351. The van der Waals surface area contributed by atoms with Gasteiger partial charge < -0.3 is 11.1 Å². The molecule has 2 unspecified atom stereocenters. The zero-order chi connectivity index (χ0) is 12.1. The fourth-order valence-corrected chi connectivity index (χ4v) is 2.03. The van der Waals surface area contributed by atoms with Crippen molar-refractivity contribution < 1.29 is 4.79 Å². The molecule has 0 aliphatic rings. The predicted octanol–water partition coefficient (Wildman–Crippen LogP) is 1.44. The summed E-state index contributed by atoms with van der Waals surface area (Å²) in [5.41, 5.74) is 5.82. The van der Waals surface area contributed by atoms with Crippen molar-refractivity contribution in [2.24, 2.45) is 11.7 Å². The van der Waals surface area contributed by atoms with E-state index in [2.05, 4.69) is 10.3 Å². The molecule has 1 aromatic rings. The van der Waals surface area contributed by atoms with Gasteiger partial charge in [0.05, 0.1) is 17.6 Å². The number of amides is 1. The molecule has 0 saturated heterocycles. The minimum absolute atomic E-state index is 0.0830. The van der Waals surface area contributed by atoms with Crippen LogP contribution in [0.1, 0.15) is 30.2 Å². The molecular weight excluding hydrogens is 222 g/mol. The zero-order valence-electron chi connectivity index (χ0n) is 9.99. The van der Waals surface area contributed by atoms with Crippen LogP contribution >= 0.6 is 11.3 Å². The number of carbonyl (C=O) groups excluding carboxylic acids is 1. The number of carbonyl (C=O) groups is 1. The van der Waals surface area contributed by atoms with Crippen molar-refractivity contribution in [3.05, 3.63) is 16.1 Å². The van der Waals surface area contributed by atoms with Gasteiger partial charge in [0.1, 0.15) is 0 Å². The number of hydrogen-bond donors (Lipinski definition) is 2. The van der Waals surface area contributed by atoms with Gasteiger partial charge in [0, 0.05) is 11.1 Å². The fourth-order valence-electron chi connectivity index (χ4n) is 1.29. The molecule has 1 heterocycles. The third-order valence-corrected chi connectivity index (χ3v) is 3.58. The minimum Gasteiger partial charge on any atom is -0.350 e. The first-order valence-corrected chi connectivity index (χ1v) is 6.30. The van der Waals surface area contributed by atoms with E-state index in [1.54, 1.807) is 17.5 Å². The predicted molar refractivity (Wildman–Crippen MR) is 66.1 cm³/mol. The molecule has 0 spiro atoms. The number of nitrogens with two attached hydrogens (primary N) is 1. The summed E-state index contributed by atoms with van der Waals surface area (Å²) in [6, 6.07) is -0.418. The second-order valence-electron chi connectivity index (χ2n) is 3.97. The van der Waals surface area contributed by atoms with Crippen molar-refractivity contribution in [1.29, 1.82) is 0 Å². The molecule has 3 N–H and O–H groups in total. The molecule has 0 fully saturated rings. The van der Waals surface area contributed by atoms with Gasteiger partial charge in [-0.3, -0.25) is 4.79 Å². The molecule has 5 heteroatoms. The van der Waals surface area contributed by atoms with Gasteiger partial charge in [-0.25, -0.2) is 4.98 Å². The molecule has 2 atom stereocenters. The Hall–Kier alpha value is -0.940. The molecule has 16 heavy (non-hydrogen) atoms. The van der Waals surface area contributed by atoms with Crippen LogP contribution in [0.3, 0.4) is 0 Å². The van der Waals surface area contributed by atoms with Gasteiger partial charge >= 0.3 is 0 Å². The van der Waals surface area contributed by atoms with Crippen molar-refractivity contribution in [3.8, 4) is 0 Å². The number of nitrogens with zero attached hydrogens (tertiary/aromatic N) is 1. The highest BCUT2D eigenvalue weighted by Crippen LogP contribution is 2.11. The highest BCUT2D eigenvalue weighted by atomic mass is 32.1. The number of rotatable bonds is 5. The number of thiazole rings is 1. The monoisotopic (exact) mass is 241 g/mol. The van der Waals surface area contributed by atoms with Crippen molar-refractivity contribution in [2.45, 2.75) is 39.8 Å². The SMILES string of the molecule is CCC(C)C(N)C(=O)NCc1cnc(C)s1. The maximum Gasteiger partial charge on any atom is 0.237 e. The maximum atomic E-state index is 11.7. The highest BCUT2D eigenvalue weighted by Gasteiger charge is 2.18. The lowest BCUT2D eigenvalue weighted by Gasteiger charge is -2.17. The van der Waals surface area contributed by atoms with Gasteiger partial charge in [-0.05, 0) is 12.8 Å². The Labute approximate surface area is 100 Å². The van der Waals surface area contributed by atoms with E-state index in [1.165, 1.54) is 0 Å². The van der Waals surface area contributed by atoms with E-state index in [9.17, 15) is 4.79 Å². The van der Waals surface area contributed by atoms with Crippen molar-refractivity contribution in [1.82, 2.24) is 10.3 Å². The average molecular weight is 241 g/mol. The minimum atomic E-state index is -0.418. The third kappa shape index (κ3) is 3.57. The van der Waals surface area contributed by atoms with E-state index in [0.29, 0.717) is 6.54 Å². The number of aromatic nitrogens is 1. The van der Waals surface area contributed by atoms with E-state index in [1.807, 2.05) is 20.8 Å². The summed E-state index contributed by atoms with van der Waals surface area (Å²) in [7, 11) is 0. The Morgan fingerprint density at radius 1 is 1.69 bits per heavy atom. The highest BCUT2D eigenvalue weighted by molar-refractivity contribution is 7.11. The van der Waals surface area contributed by atoms with Gasteiger partial charge in [-0.1, -0.05) is 20.3 Å². The second kappa shape index (κ2) is 5.96. The average Bonchev–Trinajstić information content (AvgIpc) is 2.69. The van der Waals surface area contributed by atoms with Crippen LogP contribution in [0, 0.1) is 12.8 Å². The van der Waals surface area contributed by atoms with E-state index < -0.39 is 6.04 Å². The Morgan fingerprint density at radius 3 is 2.88 bits per heavy atom. The second-order valence-corrected chi connectivity index (χ2v) is 5.29. The van der Waals surface area contributed by atoms with Crippen LogP contribution in [0.15, 0.2) is 6.20 Å². The van der Waals surface area contributed by atoms with Gasteiger partial charge in [-0.2, -0.15) is 0 Å². The smallest absolute Gasteiger partial charge is 0.237 e.